The lowest BCUT2D eigenvalue weighted by molar-refractivity contribution is 0.382. The molecule has 0 unspecified atom stereocenters. The number of nitrogens with zero attached hydrogens (tertiary/aromatic N) is 4. The molecule has 1 heterocycles. The van der Waals surface area contributed by atoms with E-state index in [1.165, 1.54) is 0 Å². The van der Waals surface area contributed by atoms with Crippen molar-refractivity contribution < 1.29 is 9.47 Å². The highest BCUT2D eigenvalue weighted by Gasteiger charge is 2.12. The SMILES string of the molecule is CN=C(NCc1ccccc1-n1ccnc1)N(C)Cc1ccc(OC)cc1OC.I. The zero-order valence-electron chi connectivity index (χ0n) is 17.7. The first-order valence-electron chi connectivity index (χ1n) is 9.35. The van der Waals surface area contributed by atoms with Gasteiger partial charge >= 0.3 is 0 Å². The van der Waals surface area contributed by atoms with Crippen LogP contribution in [0.2, 0.25) is 0 Å². The number of halogens is 1. The molecule has 0 bridgehead atoms. The van der Waals surface area contributed by atoms with Crippen LogP contribution in [0.3, 0.4) is 0 Å². The molecule has 0 saturated heterocycles. The second-order valence-corrected chi connectivity index (χ2v) is 6.53. The number of guanidine groups is 1. The van der Waals surface area contributed by atoms with E-state index in [-0.39, 0.29) is 24.0 Å². The average Bonchev–Trinajstić information content (AvgIpc) is 3.29. The first-order chi connectivity index (χ1) is 14.2. The fraction of sp³-hybridized carbons (Fsp3) is 0.273. The molecule has 3 rings (SSSR count). The molecular weight excluding hydrogens is 493 g/mol. The van der Waals surface area contributed by atoms with E-state index >= 15 is 0 Å². The first kappa shape index (κ1) is 23.5. The zero-order chi connectivity index (χ0) is 20.6. The molecule has 1 aromatic heterocycles. The van der Waals surface area contributed by atoms with Gasteiger partial charge in [-0.1, -0.05) is 18.2 Å². The number of aliphatic imine (C=N–C) groups is 1. The smallest absolute Gasteiger partial charge is 0.193 e. The highest BCUT2D eigenvalue weighted by molar-refractivity contribution is 14.0. The molecule has 0 amide bonds. The molecular formula is C22H28IN5O2. The lowest BCUT2D eigenvalue weighted by Gasteiger charge is -2.24. The summed E-state index contributed by atoms with van der Waals surface area (Å²) in [7, 11) is 7.10. The molecule has 1 N–H and O–H groups in total. The maximum atomic E-state index is 5.51. The van der Waals surface area contributed by atoms with Crippen LogP contribution in [-0.4, -0.2) is 48.7 Å². The van der Waals surface area contributed by atoms with Crippen LogP contribution in [0.1, 0.15) is 11.1 Å². The van der Waals surface area contributed by atoms with Crippen LogP contribution < -0.4 is 14.8 Å². The van der Waals surface area contributed by atoms with Crippen molar-refractivity contribution in [3.63, 3.8) is 0 Å². The van der Waals surface area contributed by atoms with Crippen LogP contribution in [0.25, 0.3) is 5.69 Å². The Labute approximate surface area is 194 Å². The van der Waals surface area contributed by atoms with Gasteiger partial charge in [-0.2, -0.15) is 0 Å². The molecule has 0 atom stereocenters. The predicted octanol–water partition coefficient (Wildman–Crippen LogP) is 3.71. The number of methoxy groups -OCH3 is 2. The minimum absolute atomic E-state index is 0. The van der Waals surface area contributed by atoms with Crippen LogP contribution in [0.15, 0.2) is 66.2 Å². The standard InChI is InChI=1S/C22H27N5O2.HI/c1-23-22(26(2)15-18-9-10-19(28-3)13-21(18)29-4)25-14-17-7-5-6-8-20(17)27-12-11-24-16-27;/h5-13,16H,14-15H2,1-4H3,(H,23,25);1H. The number of para-hydroxylation sites is 1. The van der Waals surface area contributed by atoms with E-state index in [4.69, 9.17) is 9.47 Å². The summed E-state index contributed by atoms with van der Waals surface area (Å²) in [5.74, 6) is 2.35. The maximum absolute atomic E-state index is 5.51. The molecule has 0 aliphatic carbocycles. The molecule has 160 valence electrons. The Bertz CT molecular complexity index is 960. The topological polar surface area (TPSA) is 63.9 Å². The summed E-state index contributed by atoms with van der Waals surface area (Å²) in [4.78, 5) is 10.6. The van der Waals surface area contributed by atoms with E-state index < -0.39 is 0 Å². The second kappa shape index (κ2) is 11.4. The van der Waals surface area contributed by atoms with Crippen molar-refractivity contribution in [3.05, 3.63) is 72.3 Å². The minimum atomic E-state index is 0. The van der Waals surface area contributed by atoms with Gasteiger partial charge in [0.2, 0.25) is 0 Å². The summed E-state index contributed by atoms with van der Waals surface area (Å²) in [5, 5.41) is 3.44. The van der Waals surface area contributed by atoms with Gasteiger partial charge in [0, 0.05) is 51.2 Å². The van der Waals surface area contributed by atoms with Crippen molar-refractivity contribution >= 4 is 29.9 Å². The normalized spacial score (nSPS) is 10.9. The number of ether oxygens (including phenoxy) is 2. The number of nitrogens with one attached hydrogen (secondary N) is 1. The third kappa shape index (κ3) is 5.65. The Kier molecular flexibility index (Phi) is 8.97. The Hall–Kier alpha value is -2.75. The number of hydrogen-bond donors (Lipinski definition) is 1. The maximum Gasteiger partial charge on any atom is 0.193 e. The van der Waals surface area contributed by atoms with E-state index in [0.29, 0.717) is 13.1 Å². The van der Waals surface area contributed by atoms with Crippen LogP contribution in [0, 0.1) is 0 Å². The van der Waals surface area contributed by atoms with Gasteiger partial charge in [-0.05, 0) is 23.8 Å². The zero-order valence-corrected chi connectivity index (χ0v) is 20.0. The van der Waals surface area contributed by atoms with Gasteiger partial charge in [-0.3, -0.25) is 4.99 Å². The van der Waals surface area contributed by atoms with Gasteiger partial charge in [0.25, 0.3) is 0 Å². The number of benzene rings is 2. The van der Waals surface area contributed by atoms with E-state index in [2.05, 4.69) is 32.3 Å². The van der Waals surface area contributed by atoms with Crippen molar-refractivity contribution in [3.8, 4) is 17.2 Å². The van der Waals surface area contributed by atoms with Gasteiger partial charge < -0.3 is 24.3 Å². The Morgan fingerprint density at radius 1 is 1.13 bits per heavy atom. The van der Waals surface area contributed by atoms with Crippen molar-refractivity contribution in [2.45, 2.75) is 13.1 Å². The number of imidazole rings is 1. The summed E-state index contributed by atoms with van der Waals surface area (Å²) in [6.45, 7) is 1.29. The summed E-state index contributed by atoms with van der Waals surface area (Å²) >= 11 is 0. The molecule has 0 aliphatic rings. The van der Waals surface area contributed by atoms with Gasteiger partial charge in [-0.25, -0.2) is 4.98 Å². The highest BCUT2D eigenvalue weighted by Crippen LogP contribution is 2.25. The van der Waals surface area contributed by atoms with Crippen LogP contribution >= 0.6 is 24.0 Å². The molecule has 2 aromatic carbocycles. The molecule has 30 heavy (non-hydrogen) atoms. The third-order valence-electron chi connectivity index (χ3n) is 4.69. The lowest BCUT2D eigenvalue weighted by Crippen LogP contribution is -2.38. The quantitative estimate of drug-likeness (QED) is 0.292. The molecule has 0 radical (unpaired) electrons. The predicted molar refractivity (Wildman–Crippen MR) is 130 cm³/mol. The summed E-state index contributed by atoms with van der Waals surface area (Å²) < 4.78 is 12.8. The molecule has 0 aliphatic heterocycles. The molecule has 7 nitrogen and oxygen atoms in total. The molecule has 3 aromatic rings. The fourth-order valence-electron chi connectivity index (χ4n) is 3.19. The van der Waals surface area contributed by atoms with Crippen LogP contribution in [0.4, 0.5) is 0 Å². The minimum Gasteiger partial charge on any atom is -0.497 e. The number of rotatable bonds is 7. The lowest BCUT2D eigenvalue weighted by atomic mass is 10.1. The molecule has 8 heteroatoms. The van der Waals surface area contributed by atoms with Gasteiger partial charge in [-0.15, -0.1) is 24.0 Å². The summed E-state index contributed by atoms with van der Waals surface area (Å²) in [6, 6.07) is 14.1. The van der Waals surface area contributed by atoms with Crippen molar-refractivity contribution in [1.82, 2.24) is 19.8 Å². The third-order valence-corrected chi connectivity index (χ3v) is 4.69. The molecule has 0 saturated carbocycles. The summed E-state index contributed by atoms with van der Waals surface area (Å²) in [5.41, 5.74) is 3.30. The summed E-state index contributed by atoms with van der Waals surface area (Å²) in [6.07, 6.45) is 5.52. The van der Waals surface area contributed by atoms with E-state index in [0.717, 1.165) is 34.3 Å². The van der Waals surface area contributed by atoms with E-state index in [9.17, 15) is 0 Å². The highest BCUT2D eigenvalue weighted by atomic mass is 127. The van der Waals surface area contributed by atoms with Gasteiger partial charge in [0.05, 0.1) is 26.2 Å². The monoisotopic (exact) mass is 521 g/mol. The number of hydrogen-bond acceptors (Lipinski definition) is 4. The second-order valence-electron chi connectivity index (χ2n) is 6.53. The van der Waals surface area contributed by atoms with Gasteiger partial charge in [0.15, 0.2) is 5.96 Å². The fourth-order valence-corrected chi connectivity index (χ4v) is 3.19. The van der Waals surface area contributed by atoms with Crippen molar-refractivity contribution in [1.29, 1.82) is 0 Å². The molecule has 0 spiro atoms. The Balaban J connectivity index is 0.00000320. The van der Waals surface area contributed by atoms with Crippen molar-refractivity contribution in [2.24, 2.45) is 4.99 Å². The molecule has 0 fully saturated rings. The van der Waals surface area contributed by atoms with Crippen LogP contribution in [0.5, 0.6) is 11.5 Å². The van der Waals surface area contributed by atoms with Crippen LogP contribution in [-0.2, 0) is 13.1 Å². The van der Waals surface area contributed by atoms with E-state index in [1.807, 2.05) is 48.1 Å². The van der Waals surface area contributed by atoms with E-state index in [1.54, 1.807) is 33.8 Å². The van der Waals surface area contributed by atoms with Gasteiger partial charge in [0.1, 0.15) is 11.5 Å². The average molecular weight is 521 g/mol. The largest absolute Gasteiger partial charge is 0.497 e. The van der Waals surface area contributed by atoms with Crippen molar-refractivity contribution in [2.75, 3.05) is 28.3 Å². The number of aromatic nitrogens is 2. The Morgan fingerprint density at radius 2 is 1.93 bits per heavy atom. The Morgan fingerprint density at radius 3 is 2.60 bits per heavy atom. The first-order valence-corrected chi connectivity index (χ1v) is 9.35.